The predicted octanol–water partition coefficient (Wildman–Crippen LogP) is 2.57. The number of hydrogen-bond donors (Lipinski definition) is 2. The molecule has 4 heteroatoms. The minimum absolute atomic E-state index is 0.171. The van der Waals surface area contributed by atoms with E-state index in [0.29, 0.717) is 0 Å². The fourth-order valence-electron chi connectivity index (χ4n) is 2.68. The molecule has 0 aliphatic carbocycles. The highest BCUT2D eigenvalue weighted by atomic mass is 16.4. The number of nitrogens with two attached hydrogens (primary N) is 1. The Morgan fingerprint density at radius 2 is 2.11 bits per heavy atom. The minimum atomic E-state index is 0.171. The highest BCUT2D eigenvalue weighted by Crippen LogP contribution is 2.28. The van der Waals surface area contributed by atoms with Gasteiger partial charge in [-0.1, -0.05) is 19.0 Å². The Morgan fingerprint density at radius 1 is 1.37 bits per heavy atom. The summed E-state index contributed by atoms with van der Waals surface area (Å²) in [6.07, 6.45) is 1.24. The van der Waals surface area contributed by atoms with Crippen LogP contribution in [0.1, 0.15) is 31.4 Å². The van der Waals surface area contributed by atoms with Gasteiger partial charge in [0.15, 0.2) is 5.84 Å². The zero-order valence-corrected chi connectivity index (χ0v) is 11.9. The molecule has 0 bridgehead atoms. The Kier molecular flexibility index (Phi) is 3.98. The summed E-state index contributed by atoms with van der Waals surface area (Å²) in [7, 11) is 0. The maximum absolute atomic E-state index is 8.75. The van der Waals surface area contributed by atoms with E-state index in [0.717, 1.165) is 36.1 Å². The van der Waals surface area contributed by atoms with Crippen LogP contribution in [0.4, 0.5) is 5.69 Å². The molecule has 2 atom stereocenters. The topological polar surface area (TPSA) is 61.8 Å². The molecule has 0 spiro atoms. The van der Waals surface area contributed by atoms with Crippen molar-refractivity contribution in [3.63, 3.8) is 0 Å². The van der Waals surface area contributed by atoms with Gasteiger partial charge in [0, 0.05) is 24.3 Å². The molecule has 4 nitrogen and oxygen atoms in total. The lowest BCUT2D eigenvalue weighted by Crippen LogP contribution is -2.38. The number of benzene rings is 1. The summed E-state index contributed by atoms with van der Waals surface area (Å²) < 4.78 is 0. The van der Waals surface area contributed by atoms with Crippen molar-refractivity contribution in [1.29, 1.82) is 0 Å². The Labute approximate surface area is 114 Å². The van der Waals surface area contributed by atoms with Gasteiger partial charge in [-0.05, 0) is 48.9 Å². The summed E-state index contributed by atoms with van der Waals surface area (Å²) in [6, 6.07) is 6.11. The van der Waals surface area contributed by atoms with E-state index in [2.05, 4.69) is 36.0 Å². The van der Waals surface area contributed by atoms with Gasteiger partial charge in [-0.3, -0.25) is 0 Å². The van der Waals surface area contributed by atoms with Gasteiger partial charge >= 0.3 is 0 Å². The number of piperidine rings is 1. The molecule has 1 saturated heterocycles. The lowest BCUT2D eigenvalue weighted by molar-refractivity contribution is 0.318. The smallest absolute Gasteiger partial charge is 0.170 e. The molecule has 2 unspecified atom stereocenters. The van der Waals surface area contributed by atoms with Gasteiger partial charge in [-0.25, -0.2) is 0 Å². The number of hydrogen-bond acceptors (Lipinski definition) is 3. The first kappa shape index (κ1) is 13.7. The fourth-order valence-corrected chi connectivity index (χ4v) is 2.68. The van der Waals surface area contributed by atoms with Crippen molar-refractivity contribution in [2.24, 2.45) is 22.7 Å². The second kappa shape index (κ2) is 5.51. The van der Waals surface area contributed by atoms with Crippen LogP contribution in [-0.4, -0.2) is 24.1 Å². The third-order valence-corrected chi connectivity index (χ3v) is 4.29. The number of anilines is 1. The molecule has 0 aromatic heterocycles. The minimum Gasteiger partial charge on any atom is -0.409 e. The molecule has 1 aromatic rings. The summed E-state index contributed by atoms with van der Waals surface area (Å²) in [5.41, 5.74) is 8.71. The van der Waals surface area contributed by atoms with E-state index in [9.17, 15) is 0 Å². The van der Waals surface area contributed by atoms with Gasteiger partial charge in [0.1, 0.15) is 0 Å². The van der Waals surface area contributed by atoms with Crippen LogP contribution in [0.25, 0.3) is 0 Å². The Hall–Kier alpha value is -1.71. The predicted molar refractivity (Wildman–Crippen MR) is 78.8 cm³/mol. The van der Waals surface area contributed by atoms with Crippen LogP contribution in [0, 0.1) is 18.8 Å². The van der Waals surface area contributed by atoms with Gasteiger partial charge < -0.3 is 15.8 Å². The second-order valence-corrected chi connectivity index (χ2v) is 5.67. The normalized spacial score (nSPS) is 24.6. The first-order chi connectivity index (χ1) is 9.02. The highest BCUT2D eigenvalue weighted by molar-refractivity contribution is 5.98. The maximum atomic E-state index is 8.75. The number of aryl methyl sites for hydroxylation is 1. The van der Waals surface area contributed by atoms with Crippen molar-refractivity contribution in [3.8, 4) is 0 Å². The van der Waals surface area contributed by atoms with E-state index in [1.54, 1.807) is 0 Å². The largest absolute Gasteiger partial charge is 0.409 e. The van der Waals surface area contributed by atoms with Gasteiger partial charge in [-0.15, -0.1) is 0 Å². The van der Waals surface area contributed by atoms with Crippen LogP contribution in [0.5, 0.6) is 0 Å². The zero-order valence-electron chi connectivity index (χ0n) is 11.9. The molecular weight excluding hydrogens is 238 g/mol. The van der Waals surface area contributed by atoms with Gasteiger partial charge in [0.25, 0.3) is 0 Å². The molecule has 1 aliphatic rings. The maximum Gasteiger partial charge on any atom is 0.170 e. The van der Waals surface area contributed by atoms with Crippen molar-refractivity contribution in [3.05, 3.63) is 29.3 Å². The summed E-state index contributed by atoms with van der Waals surface area (Å²) in [5, 5.41) is 11.8. The molecule has 1 fully saturated rings. The van der Waals surface area contributed by atoms with Crippen molar-refractivity contribution < 1.29 is 5.21 Å². The molecule has 0 radical (unpaired) electrons. The average molecular weight is 261 g/mol. The van der Waals surface area contributed by atoms with Gasteiger partial charge in [0.2, 0.25) is 0 Å². The number of nitrogens with zero attached hydrogens (tertiary/aromatic N) is 2. The summed E-state index contributed by atoms with van der Waals surface area (Å²) in [4.78, 5) is 2.42. The standard InChI is InChI=1S/C15H23N3O/c1-10-6-7-18(9-12(10)3)13-4-5-14(11(2)8-13)15(16)17-19/h4-5,8,10,12,19H,6-7,9H2,1-3H3,(H2,16,17). The monoisotopic (exact) mass is 261 g/mol. The highest BCUT2D eigenvalue weighted by Gasteiger charge is 2.23. The lowest BCUT2D eigenvalue weighted by Gasteiger charge is -2.37. The van der Waals surface area contributed by atoms with Crippen molar-refractivity contribution in [2.75, 3.05) is 18.0 Å². The Balaban J connectivity index is 2.21. The molecular formula is C15H23N3O. The number of oxime groups is 1. The molecule has 1 aliphatic heterocycles. The first-order valence-corrected chi connectivity index (χ1v) is 6.86. The molecule has 2 rings (SSSR count). The van der Waals surface area contributed by atoms with Crippen molar-refractivity contribution in [2.45, 2.75) is 27.2 Å². The van der Waals surface area contributed by atoms with Crippen molar-refractivity contribution >= 4 is 11.5 Å². The third kappa shape index (κ3) is 2.83. The Morgan fingerprint density at radius 3 is 2.68 bits per heavy atom. The lowest BCUT2D eigenvalue weighted by atomic mass is 9.88. The van der Waals surface area contributed by atoms with E-state index in [1.165, 1.54) is 12.1 Å². The molecule has 0 saturated carbocycles. The molecule has 19 heavy (non-hydrogen) atoms. The van der Waals surface area contributed by atoms with Gasteiger partial charge in [0.05, 0.1) is 0 Å². The van der Waals surface area contributed by atoms with E-state index in [4.69, 9.17) is 10.9 Å². The summed E-state index contributed by atoms with van der Waals surface area (Å²) in [6.45, 7) is 8.84. The van der Waals surface area contributed by atoms with Crippen LogP contribution in [0.2, 0.25) is 0 Å². The molecule has 104 valence electrons. The number of rotatable bonds is 2. The van der Waals surface area contributed by atoms with E-state index >= 15 is 0 Å². The van der Waals surface area contributed by atoms with Crippen LogP contribution in [-0.2, 0) is 0 Å². The first-order valence-electron chi connectivity index (χ1n) is 6.86. The van der Waals surface area contributed by atoms with Crippen LogP contribution < -0.4 is 10.6 Å². The second-order valence-electron chi connectivity index (χ2n) is 5.67. The van der Waals surface area contributed by atoms with E-state index in [1.807, 2.05) is 13.0 Å². The molecule has 3 N–H and O–H groups in total. The van der Waals surface area contributed by atoms with E-state index in [-0.39, 0.29) is 5.84 Å². The average Bonchev–Trinajstić information content (AvgIpc) is 2.41. The van der Waals surface area contributed by atoms with Crippen LogP contribution in [0.3, 0.4) is 0 Å². The van der Waals surface area contributed by atoms with Crippen LogP contribution in [0.15, 0.2) is 23.4 Å². The zero-order chi connectivity index (χ0) is 14.0. The summed E-state index contributed by atoms with van der Waals surface area (Å²) in [5.74, 6) is 1.69. The van der Waals surface area contributed by atoms with Gasteiger partial charge in [-0.2, -0.15) is 0 Å². The Bertz CT molecular complexity index is 484. The SMILES string of the molecule is Cc1cc(N2CCC(C)C(C)C2)ccc1/C(N)=N/O. The quantitative estimate of drug-likeness (QED) is 0.372. The summed E-state index contributed by atoms with van der Waals surface area (Å²) >= 11 is 0. The third-order valence-electron chi connectivity index (χ3n) is 4.29. The fraction of sp³-hybridized carbons (Fsp3) is 0.533. The number of amidine groups is 1. The van der Waals surface area contributed by atoms with Crippen molar-refractivity contribution in [1.82, 2.24) is 0 Å². The molecule has 0 amide bonds. The molecule has 1 aromatic carbocycles. The molecule has 1 heterocycles. The van der Waals surface area contributed by atoms with E-state index < -0.39 is 0 Å². The van der Waals surface area contributed by atoms with Crippen LogP contribution >= 0.6 is 0 Å².